The van der Waals surface area contributed by atoms with Gasteiger partial charge in [-0.25, -0.2) is 0 Å². The summed E-state index contributed by atoms with van der Waals surface area (Å²) in [6, 6.07) is 6.09. The lowest BCUT2D eigenvalue weighted by atomic mass is 10.1. The zero-order valence-corrected chi connectivity index (χ0v) is 13.6. The van der Waals surface area contributed by atoms with Gasteiger partial charge in [0, 0.05) is 28.7 Å². The Bertz CT molecular complexity index is 507. The van der Waals surface area contributed by atoms with Crippen molar-refractivity contribution in [2.24, 2.45) is 0 Å². The van der Waals surface area contributed by atoms with Gasteiger partial charge in [-0.15, -0.1) is 0 Å². The van der Waals surface area contributed by atoms with Crippen molar-refractivity contribution in [1.82, 2.24) is 10.6 Å². The van der Waals surface area contributed by atoms with E-state index in [1.807, 2.05) is 32.9 Å². The second-order valence-electron chi connectivity index (χ2n) is 6.49. The van der Waals surface area contributed by atoms with Gasteiger partial charge in [-0.3, -0.25) is 4.79 Å². The Morgan fingerprint density at radius 1 is 1.38 bits per heavy atom. The predicted molar refractivity (Wildman–Crippen MR) is 84.7 cm³/mol. The van der Waals surface area contributed by atoms with Crippen LogP contribution in [0.25, 0.3) is 0 Å². The Hall–Kier alpha value is -1.26. The molecule has 4 nitrogen and oxygen atoms in total. The quantitative estimate of drug-likeness (QED) is 0.849. The van der Waals surface area contributed by atoms with Crippen molar-refractivity contribution in [3.8, 4) is 5.75 Å². The molecule has 116 valence electrons. The number of ether oxygens (including phenoxy) is 1. The molecule has 1 aromatic carbocycles. The van der Waals surface area contributed by atoms with E-state index in [1.165, 1.54) is 12.8 Å². The van der Waals surface area contributed by atoms with E-state index in [1.54, 1.807) is 6.07 Å². The largest absolute Gasteiger partial charge is 0.483 e. The molecule has 1 amide bonds. The molecular weight excluding hydrogens is 288 g/mol. The van der Waals surface area contributed by atoms with Crippen LogP contribution in [-0.2, 0) is 11.3 Å². The average Bonchev–Trinajstić information content (AvgIpc) is 3.17. The number of carbonyl (C=O) groups is 1. The minimum Gasteiger partial charge on any atom is -0.483 e. The molecular formula is C16H23ClN2O2. The molecule has 0 aliphatic heterocycles. The summed E-state index contributed by atoms with van der Waals surface area (Å²) in [5, 5.41) is 6.98. The molecule has 0 atom stereocenters. The van der Waals surface area contributed by atoms with E-state index in [0.29, 0.717) is 23.4 Å². The van der Waals surface area contributed by atoms with Gasteiger partial charge in [0.05, 0.1) is 0 Å². The fraction of sp³-hybridized carbons (Fsp3) is 0.562. The first-order valence-corrected chi connectivity index (χ1v) is 7.67. The number of benzene rings is 1. The fourth-order valence-corrected chi connectivity index (χ4v) is 2.16. The minimum absolute atomic E-state index is 0.00926. The van der Waals surface area contributed by atoms with E-state index < -0.39 is 0 Å². The highest BCUT2D eigenvalue weighted by atomic mass is 35.5. The lowest BCUT2D eigenvalue weighted by molar-refractivity contribution is -0.124. The number of carbonyl (C=O) groups excluding carboxylic acids is 1. The van der Waals surface area contributed by atoms with E-state index in [9.17, 15) is 4.79 Å². The zero-order chi connectivity index (χ0) is 15.5. The fourth-order valence-electron chi connectivity index (χ4n) is 1.97. The second-order valence-corrected chi connectivity index (χ2v) is 6.93. The monoisotopic (exact) mass is 310 g/mol. The molecule has 0 heterocycles. The van der Waals surface area contributed by atoms with Gasteiger partial charge in [-0.05, 0) is 51.8 Å². The van der Waals surface area contributed by atoms with Crippen molar-refractivity contribution in [2.45, 2.75) is 51.7 Å². The Balaban J connectivity index is 1.93. The highest BCUT2D eigenvalue weighted by Crippen LogP contribution is 2.25. The molecule has 0 bridgehead atoms. The molecule has 0 saturated heterocycles. The van der Waals surface area contributed by atoms with Crippen molar-refractivity contribution >= 4 is 17.5 Å². The maximum Gasteiger partial charge on any atom is 0.258 e. The molecule has 0 radical (unpaired) electrons. The molecule has 1 fully saturated rings. The third-order valence-corrected chi connectivity index (χ3v) is 3.29. The summed E-state index contributed by atoms with van der Waals surface area (Å²) in [4.78, 5) is 11.8. The Labute approximate surface area is 131 Å². The molecule has 1 aliphatic rings. The van der Waals surface area contributed by atoms with E-state index in [4.69, 9.17) is 16.3 Å². The third-order valence-electron chi connectivity index (χ3n) is 3.05. The smallest absolute Gasteiger partial charge is 0.258 e. The van der Waals surface area contributed by atoms with E-state index in [2.05, 4.69) is 10.6 Å². The Morgan fingerprint density at radius 2 is 2.10 bits per heavy atom. The van der Waals surface area contributed by atoms with Gasteiger partial charge in [-0.2, -0.15) is 0 Å². The Morgan fingerprint density at radius 3 is 2.71 bits per heavy atom. The Kier molecular flexibility index (Phi) is 5.12. The molecule has 0 unspecified atom stereocenters. The normalized spacial score (nSPS) is 14.9. The van der Waals surface area contributed by atoms with Crippen molar-refractivity contribution in [2.75, 3.05) is 6.61 Å². The van der Waals surface area contributed by atoms with Gasteiger partial charge < -0.3 is 15.4 Å². The summed E-state index contributed by atoms with van der Waals surface area (Å²) in [7, 11) is 0. The number of halogens is 1. The van der Waals surface area contributed by atoms with Gasteiger partial charge in [0.25, 0.3) is 5.91 Å². The molecule has 0 spiro atoms. The van der Waals surface area contributed by atoms with E-state index in [0.717, 1.165) is 5.56 Å². The van der Waals surface area contributed by atoms with Crippen molar-refractivity contribution < 1.29 is 9.53 Å². The van der Waals surface area contributed by atoms with Crippen LogP contribution in [-0.4, -0.2) is 24.1 Å². The second kappa shape index (κ2) is 6.67. The zero-order valence-electron chi connectivity index (χ0n) is 12.8. The SMILES string of the molecule is CC(C)(C)NC(=O)COc1ccc(Cl)cc1CNC1CC1. The number of rotatable bonds is 6. The van der Waals surface area contributed by atoms with Crippen LogP contribution in [0.4, 0.5) is 0 Å². The average molecular weight is 311 g/mol. The number of amides is 1. The van der Waals surface area contributed by atoms with Crippen LogP contribution in [0.5, 0.6) is 5.75 Å². The number of hydrogen-bond acceptors (Lipinski definition) is 3. The van der Waals surface area contributed by atoms with Crippen LogP contribution in [0.1, 0.15) is 39.2 Å². The van der Waals surface area contributed by atoms with Crippen molar-refractivity contribution in [3.05, 3.63) is 28.8 Å². The lowest BCUT2D eigenvalue weighted by Crippen LogP contribution is -2.43. The third kappa shape index (κ3) is 5.94. The van der Waals surface area contributed by atoms with Crippen LogP contribution >= 0.6 is 11.6 Å². The summed E-state index contributed by atoms with van der Waals surface area (Å²) >= 11 is 6.03. The van der Waals surface area contributed by atoms with Crippen molar-refractivity contribution in [3.63, 3.8) is 0 Å². The molecule has 1 saturated carbocycles. The molecule has 5 heteroatoms. The molecule has 2 N–H and O–H groups in total. The number of nitrogens with one attached hydrogen (secondary N) is 2. The van der Waals surface area contributed by atoms with E-state index >= 15 is 0 Å². The summed E-state index contributed by atoms with van der Waals surface area (Å²) in [5.41, 5.74) is 0.731. The maximum absolute atomic E-state index is 11.8. The standard InChI is InChI=1S/C16H23ClN2O2/c1-16(2,3)19-15(20)10-21-14-7-4-12(17)8-11(14)9-18-13-5-6-13/h4,7-8,13,18H,5-6,9-10H2,1-3H3,(H,19,20). The van der Waals surface area contributed by atoms with Crippen molar-refractivity contribution in [1.29, 1.82) is 0 Å². The van der Waals surface area contributed by atoms with E-state index in [-0.39, 0.29) is 18.1 Å². The highest BCUT2D eigenvalue weighted by Gasteiger charge is 2.21. The molecule has 2 rings (SSSR count). The van der Waals surface area contributed by atoms with Gasteiger partial charge in [-0.1, -0.05) is 11.6 Å². The molecule has 1 aromatic rings. The summed E-state index contributed by atoms with van der Waals surface area (Å²) in [6.45, 7) is 6.55. The lowest BCUT2D eigenvalue weighted by Gasteiger charge is -2.21. The first kappa shape index (κ1) is 16.1. The van der Waals surface area contributed by atoms with Gasteiger partial charge in [0.15, 0.2) is 6.61 Å². The molecule has 21 heavy (non-hydrogen) atoms. The minimum atomic E-state index is -0.253. The summed E-state index contributed by atoms with van der Waals surface area (Å²) in [6.07, 6.45) is 2.45. The van der Waals surface area contributed by atoms with Gasteiger partial charge in [0.1, 0.15) is 5.75 Å². The summed E-state index contributed by atoms with van der Waals surface area (Å²) in [5.74, 6) is 0.579. The predicted octanol–water partition coefficient (Wildman–Crippen LogP) is 2.89. The maximum atomic E-state index is 11.8. The number of hydrogen-bond donors (Lipinski definition) is 2. The van der Waals surface area contributed by atoms with Crippen LogP contribution < -0.4 is 15.4 Å². The highest BCUT2D eigenvalue weighted by molar-refractivity contribution is 6.30. The van der Waals surface area contributed by atoms with Gasteiger partial charge in [0.2, 0.25) is 0 Å². The van der Waals surface area contributed by atoms with Crippen LogP contribution in [0.15, 0.2) is 18.2 Å². The van der Waals surface area contributed by atoms with Gasteiger partial charge >= 0.3 is 0 Å². The molecule has 1 aliphatic carbocycles. The van der Waals surface area contributed by atoms with Crippen LogP contribution in [0, 0.1) is 0 Å². The van der Waals surface area contributed by atoms with Crippen LogP contribution in [0.3, 0.4) is 0 Å². The molecule has 0 aromatic heterocycles. The van der Waals surface area contributed by atoms with Crippen LogP contribution in [0.2, 0.25) is 5.02 Å². The first-order chi connectivity index (χ1) is 9.83. The summed E-state index contributed by atoms with van der Waals surface area (Å²) < 4.78 is 5.64. The first-order valence-electron chi connectivity index (χ1n) is 7.29. The topological polar surface area (TPSA) is 50.4 Å².